The molecule has 1 amide bonds. The van der Waals surface area contributed by atoms with Crippen molar-refractivity contribution in [2.75, 3.05) is 20.8 Å². The number of aromatic nitrogens is 2. The van der Waals surface area contributed by atoms with Crippen molar-refractivity contribution in [2.45, 2.75) is 32.5 Å². The maximum absolute atomic E-state index is 13.4. The van der Waals surface area contributed by atoms with Crippen molar-refractivity contribution in [3.63, 3.8) is 0 Å². The van der Waals surface area contributed by atoms with E-state index >= 15 is 0 Å². The van der Waals surface area contributed by atoms with Crippen LogP contribution in [0.15, 0.2) is 91.0 Å². The van der Waals surface area contributed by atoms with Crippen molar-refractivity contribution >= 4 is 17.4 Å². The van der Waals surface area contributed by atoms with Gasteiger partial charge >= 0.3 is 0 Å². The second kappa shape index (κ2) is 12.6. The van der Waals surface area contributed by atoms with E-state index in [4.69, 9.17) is 14.2 Å². The van der Waals surface area contributed by atoms with Crippen molar-refractivity contribution in [3.05, 3.63) is 113 Å². The molecule has 9 heteroatoms. The van der Waals surface area contributed by atoms with Crippen LogP contribution in [0.4, 0.5) is 0 Å². The molecule has 1 aromatic heterocycles. The number of Topliss-reactive ketones (excluding diaryl/α,β-unsaturated/α-hetero) is 1. The molecule has 42 heavy (non-hydrogen) atoms. The lowest BCUT2D eigenvalue weighted by Gasteiger charge is -2.26. The molecule has 0 saturated carbocycles. The Balaban J connectivity index is 1.46. The van der Waals surface area contributed by atoms with Crippen LogP contribution in [0, 0.1) is 6.92 Å². The normalized spacial score (nSPS) is 16.1. The smallest absolute Gasteiger partial charge is 0.295 e. The summed E-state index contributed by atoms with van der Waals surface area (Å²) in [6.07, 6.45) is 5.82. The molecule has 1 aliphatic rings. The van der Waals surface area contributed by atoms with Crippen molar-refractivity contribution in [1.82, 2.24) is 14.5 Å². The second-order valence-electron chi connectivity index (χ2n) is 10.0. The van der Waals surface area contributed by atoms with Gasteiger partial charge in [-0.3, -0.25) is 9.59 Å². The number of hydrogen-bond acceptors (Lipinski definition) is 7. The topological polar surface area (TPSA) is 103 Å². The molecule has 1 fully saturated rings. The maximum Gasteiger partial charge on any atom is 0.295 e. The summed E-state index contributed by atoms with van der Waals surface area (Å²) < 4.78 is 18.7. The van der Waals surface area contributed by atoms with Crippen LogP contribution in [0.2, 0.25) is 0 Å². The first-order valence-electron chi connectivity index (χ1n) is 13.6. The minimum Gasteiger partial charge on any atom is -0.507 e. The average molecular weight is 568 g/mol. The van der Waals surface area contributed by atoms with Gasteiger partial charge in [0.1, 0.15) is 18.1 Å². The predicted molar refractivity (Wildman–Crippen MR) is 157 cm³/mol. The summed E-state index contributed by atoms with van der Waals surface area (Å²) in [4.78, 5) is 32.3. The van der Waals surface area contributed by atoms with Crippen molar-refractivity contribution < 1.29 is 28.9 Å². The van der Waals surface area contributed by atoms with Crippen LogP contribution >= 0.6 is 0 Å². The van der Waals surface area contributed by atoms with Gasteiger partial charge in [-0.05, 0) is 66.4 Å². The van der Waals surface area contributed by atoms with E-state index in [-0.39, 0.29) is 11.3 Å². The van der Waals surface area contributed by atoms with Crippen molar-refractivity contribution in [3.8, 4) is 17.2 Å². The lowest BCUT2D eigenvalue weighted by Crippen LogP contribution is -2.31. The average Bonchev–Trinajstić information content (AvgIpc) is 3.62. The van der Waals surface area contributed by atoms with Gasteiger partial charge in [-0.25, -0.2) is 4.98 Å². The quantitative estimate of drug-likeness (QED) is 0.149. The minimum absolute atomic E-state index is 0.0171. The summed E-state index contributed by atoms with van der Waals surface area (Å²) in [6.45, 7) is 3.35. The zero-order chi connectivity index (χ0) is 29.6. The standard InChI is InChI=1S/C33H33N3O6/c1-22-7-4-5-8-25(22)20-42-26-12-9-23(10-13-26)31(37)29-30(24-11-14-27(40-2)28(19-24)41-3)36(33(39)32(29)38)17-6-16-35-18-15-34-21-35/h4-5,7-15,18-19,21,30,37H,6,16-17,20H2,1-3H3/t30-/m0/s1. The third-order valence-corrected chi connectivity index (χ3v) is 7.42. The highest BCUT2D eigenvalue weighted by molar-refractivity contribution is 6.46. The Morgan fingerprint density at radius 3 is 2.40 bits per heavy atom. The van der Waals surface area contributed by atoms with Crippen LogP contribution < -0.4 is 14.2 Å². The number of hydrogen-bond donors (Lipinski definition) is 1. The van der Waals surface area contributed by atoms with E-state index in [0.717, 1.165) is 11.1 Å². The molecule has 3 aromatic carbocycles. The first-order valence-corrected chi connectivity index (χ1v) is 13.6. The summed E-state index contributed by atoms with van der Waals surface area (Å²) in [5, 5.41) is 11.5. The maximum atomic E-state index is 13.4. The van der Waals surface area contributed by atoms with Gasteiger partial charge in [-0.1, -0.05) is 30.3 Å². The molecule has 4 aromatic rings. The predicted octanol–water partition coefficient (Wildman–Crippen LogP) is 5.30. The van der Waals surface area contributed by atoms with Crippen LogP contribution in [0.5, 0.6) is 17.2 Å². The Morgan fingerprint density at radius 1 is 0.952 bits per heavy atom. The molecule has 216 valence electrons. The third-order valence-electron chi connectivity index (χ3n) is 7.42. The van der Waals surface area contributed by atoms with Crippen LogP contribution in [-0.4, -0.2) is 52.0 Å². The zero-order valence-corrected chi connectivity index (χ0v) is 23.8. The number of ether oxygens (including phenoxy) is 3. The monoisotopic (exact) mass is 567 g/mol. The van der Waals surface area contributed by atoms with E-state index in [2.05, 4.69) is 4.98 Å². The van der Waals surface area contributed by atoms with Gasteiger partial charge in [0.2, 0.25) is 0 Å². The Bertz CT molecular complexity index is 1590. The number of nitrogens with zero attached hydrogens (tertiary/aromatic N) is 3. The van der Waals surface area contributed by atoms with Gasteiger partial charge in [0.15, 0.2) is 11.5 Å². The minimum atomic E-state index is -0.815. The molecule has 1 saturated heterocycles. The third kappa shape index (κ3) is 5.85. The van der Waals surface area contributed by atoms with Crippen molar-refractivity contribution in [1.29, 1.82) is 0 Å². The first-order chi connectivity index (χ1) is 20.4. The molecule has 1 atom stereocenters. The second-order valence-corrected chi connectivity index (χ2v) is 10.0. The number of carbonyl (C=O) groups is 2. The highest BCUT2D eigenvalue weighted by atomic mass is 16.5. The summed E-state index contributed by atoms with van der Waals surface area (Å²) >= 11 is 0. The molecule has 0 bridgehead atoms. The number of aliphatic hydroxyl groups excluding tert-OH is 1. The Hall–Kier alpha value is -5.05. The Kier molecular flexibility index (Phi) is 8.57. The molecule has 5 rings (SSSR count). The molecule has 0 aliphatic carbocycles. The summed E-state index contributed by atoms with van der Waals surface area (Å²) in [5.41, 5.74) is 3.25. The summed E-state index contributed by atoms with van der Waals surface area (Å²) in [7, 11) is 3.06. The van der Waals surface area contributed by atoms with Crippen LogP contribution in [0.25, 0.3) is 5.76 Å². The van der Waals surface area contributed by atoms with Crippen LogP contribution in [-0.2, 0) is 22.7 Å². The number of methoxy groups -OCH3 is 2. The van der Waals surface area contributed by atoms with Gasteiger partial charge in [0, 0.05) is 31.0 Å². The Labute approximate surface area is 244 Å². The molecule has 2 heterocycles. The van der Waals surface area contributed by atoms with E-state index in [1.165, 1.54) is 19.1 Å². The number of carbonyl (C=O) groups excluding carboxylic acids is 2. The zero-order valence-electron chi connectivity index (χ0n) is 23.8. The SMILES string of the molecule is COc1ccc([C@H]2C(=C(O)c3ccc(OCc4ccccc4C)cc3)C(=O)C(=O)N2CCCn2ccnc2)cc1OC. The van der Waals surface area contributed by atoms with Gasteiger partial charge in [0.25, 0.3) is 11.7 Å². The highest BCUT2D eigenvalue weighted by Gasteiger charge is 2.46. The van der Waals surface area contributed by atoms with E-state index in [9.17, 15) is 14.7 Å². The number of rotatable bonds is 11. The number of imidazole rings is 1. The fourth-order valence-electron chi connectivity index (χ4n) is 5.12. The molecular weight excluding hydrogens is 534 g/mol. The fraction of sp³-hybridized carbons (Fsp3) is 0.242. The van der Waals surface area contributed by atoms with Gasteiger partial charge in [-0.15, -0.1) is 0 Å². The number of ketones is 1. The number of aliphatic hydroxyl groups is 1. The summed E-state index contributed by atoms with van der Waals surface area (Å²) in [6, 6.07) is 19.2. The molecule has 1 N–H and O–H groups in total. The van der Waals surface area contributed by atoms with Gasteiger partial charge in [0.05, 0.1) is 32.2 Å². The molecule has 0 radical (unpaired) electrons. The fourth-order valence-corrected chi connectivity index (χ4v) is 5.12. The van der Waals surface area contributed by atoms with E-state index < -0.39 is 17.7 Å². The Morgan fingerprint density at radius 2 is 1.71 bits per heavy atom. The number of aryl methyl sites for hydroxylation is 2. The van der Waals surface area contributed by atoms with E-state index in [0.29, 0.717) is 54.5 Å². The molecule has 1 aliphatic heterocycles. The molecule has 9 nitrogen and oxygen atoms in total. The highest BCUT2D eigenvalue weighted by Crippen LogP contribution is 2.42. The van der Waals surface area contributed by atoms with E-state index in [1.54, 1.807) is 55.0 Å². The molecular formula is C33H33N3O6. The molecule has 0 spiro atoms. The van der Waals surface area contributed by atoms with Crippen LogP contribution in [0.1, 0.15) is 34.7 Å². The van der Waals surface area contributed by atoms with Gasteiger partial charge in [-0.2, -0.15) is 0 Å². The first kappa shape index (κ1) is 28.5. The van der Waals surface area contributed by atoms with Crippen LogP contribution in [0.3, 0.4) is 0 Å². The summed E-state index contributed by atoms with van der Waals surface area (Å²) in [5.74, 6) is -0.0782. The van der Waals surface area contributed by atoms with E-state index in [1.807, 2.05) is 42.0 Å². The van der Waals surface area contributed by atoms with Gasteiger partial charge < -0.3 is 28.8 Å². The lowest BCUT2D eigenvalue weighted by atomic mass is 9.95. The molecule has 0 unspecified atom stereocenters. The largest absolute Gasteiger partial charge is 0.507 e. The number of benzene rings is 3. The lowest BCUT2D eigenvalue weighted by molar-refractivity contribution is -0.139. The number of amides is 1. The number of likely N-dealkylation sites (tertiary alicyclic amines) is 1. The van der Waals surface area contributed by atoms with Crippen molar-refractivity contribution in [2.24, 2.45) is 0 Å².